The molecule has 3 N–H and O–H groups in total. The molecule has 0 radical (unpaired) electrons. The molecule has 2 atom stereocenters. The number of ether oxygens (including phenoxy) is 1. The van der Waals surface area contributed by atoms with Crippen LogP contribution >= 0.6 is 0 Å². The highest BCUT2D eigenvalue weighted by molar-refractivity contribution is 5.96. The molecule has 7 nitrogen and oxygen atoms in total. The number of carbonyl (C=O) groups excluding carboxylic acids is 2. The van der Waals surface area contributed by atoms with Crippen molar-refractivity contribution >= 4 is 23.4 Å². The smallest absolute Gasteiger partial charge is 0.414 e. The van der Waals surface area contributed by atoms with E-state index in [2.05, 4.69) is 47.4 Å². The summed E-state index contributed by atoms with van der Waals surface area (Å²) in [5.41, 5.74) is 9.98. The molecule has 2 heterocycles. The van der Waals surface area contributed by atoms with Crippen LogP contribution < -0.4 is 21.1 Å². The number of rotatable bonds is 4. The van der Waals surface area contributed by atoms with Gasteiger partial charge in [-0.25, -0.2) is 15.6 Å². The van der Waals surface area contributed by atoms with Crippen LogP contribution in [0.2, 0.25) is 0 Å². The molecule has 2 aromatic carbocycles. The van der Waals surface area contributed by atoms with Crippen LogP contribution in [0.4, 0.5) is 16.2 Å². The molecule has 2 aromatic rings. The van der Waals surface area contributed by atoms with Crippen molar-refractivity contribution in [2.24, 2.45) is 0 Å². The highest BCUT2D eigenvalue weighted by Gasteiger charge is 2.30. The first kappa shape index (κ1) is 17.5. The van der Waals surface area contributed by atoms with Gasteiger partial charge in [0, 0.05) is 17.4 Å². The molecule has 140 valence electrons. The largest absolute Gasteiger partial charge is 0.447 e. The monoisotopic (exact) mass is 366 g/mol. The van der Waals surface area contributed by atoms with E-state index in [1.165, 1.54) is 5.56 Å². The van der Waals surface area contributed by atoms with Gasteiger partial charge in [0.05, 0.1) is 6.54 Å². The molecule has 0 spiro atoms. The molecular weight excluding hydrogens is 344 g/mol. The van der Waals surface area contributed by atoms with E-state index in [1.807, 2.05) is 18.2 Å². The van der Waals surface area contributed by atoms with Crippen molar-refractivity contribution in [3.8, 4) is 0 Å². The second kappa shape index (κ2) is 7.38. The third-order valence-electron chi connectivity index (χ3n) is 4.89. The Labute approximate surface area is 157 Å². The van der Waals surface area contributed by atoms with Gasteiger partial charge in [-0.05, 0) is 37.1 Å². The zero-order chi connectivity index (χ0) is 18.8. The molecule has 27 heavy (non-hydrogen) atoms. The number of hydrogen-bond acceptors (Lipinski definition) is 5. The van der Waals surface area contributed by atoms with Gasteiger partial charge in [-0.3, -0.25) is 9.69 Å². The summed E-state index contributed by atoms with van der Waals surface area (Å²) in [7, 11) is 0. The standard InChI is InChI=1S/C20H22N4O3/c1-13-5-7-14(8-6-13)17-12-18(23-22-17)19(25)21-15-3-2-4-16(11-15)24-9-10-27-20(24)26/h2-8,11,17-18,22-23H,9-10,12H2,1H3,(H,21,25). The maximum absolute atomic E-state index is 12.6. The summed E-state index contributed by atoms with van der Waals surface area (Å²) in [4.78, 5) is 25.9. The molecule has 2 aliphatic heterocycles. The van der Waals surface area contributed by atoms with E-state index in [-0.39, 0.29) is 24.1 Å². The molecule has 2 fully saturated rings. The average Bonchev–Trinajstić information content (AvgIpc) is 3.32. The van der Waals surface area contributed by atoms with Gasteiger partial charge in [-0.2, -0.15) is 0 Å². The van der Waals surface area contributed by atoms with Crippen LogP contribution in [0.5, 0.6) is 0 Å². The lowest BCUT2D eigenvalue weighted by molar-refractivity contribution is -0.117. The van der Waals surface area contributed by atoms with E-state index in [9.17, 15) is 9.59 Å². The molecule has 4 rings (SSSR count). The van der Waals surface area contributed by atoms with Gasteiger partial charge in [0.2, 0.25) is 5.91 Å². The lowest BCUT2D eigenvalue weighted by Crippen LogP contribution is -2.39. The summed E-state index contributed by atoms with van der Waals surface area (Å²) >= 11 is 0. The van der Waals surface area contributed by atoms with Crippen LogP contribution in [0.1, 0.15) is 23.6 Å². The van der Waals surface area contributed by atoms with E-state index in [0.29, 0.717) is 30.9 Å². The zero-order valence-corrected chi connectivity index (χ0v) is 15.1. The highest BCUT2D eigenvalue weighted by atomic mass is 16.6. The van der Waals surface area contributed by atoms with E-state index in [0.717, 1.165) is 5.56 Å². The zero-order valence-electron chi connectivity index (χ0n) is 15.1. The van der Waals surface area contributed by atoms with Crippen LogP contribution in [0.25, 0.3) is 0 Å². The third-order valence-corrected chi connectivity index (χ3v) is 4.89. The first-order chi connectivity index (χ1) is 13.1. The van der Waals surface area contributed by atoms with Gasteiger partial charge in [0.1, 0.15) is 12.6 Å². The summed E-state index contributed by atoms with van der Waals surface area (Å²) in [6.07, 6.45) is 0.300. The highest BCUT2D eigenvalue weighted by Crippen LogP contribution is 2.25. The lowest BCUT2D eigenvalue weighted by atomic mass is 10.0. The Morgan fingerprint density at radius 2 is 2.00 bits per heavy atom. The number of anilines is 2. The fourth-order valence-corrected chi connectivity index (χ4v) is 3.35. The summed E-state index contributed by atoms with van der Waals surface area (Å²) in [5.74, 6) is -0.113. The molecule has 2 unspecified atom stereocenters. The average molecular weight is 366 g/mol. The molecule has 2 saturated heterocycles. The number of nitrogens with zero attached hydrogens (tertiary/aromatic N) is 1. The summed E-state index contributed by atoms with van der Waals surface area (Å²) in [5, 5.41) is 2.92. The minimum Gasteiger partial charge on any atom is -0.447 e. The second-order valence-corrected chi connectivity index (χ2v) is 6.85. The Bertz CT molecular complexity index is 853. The number of aryl methyl sites for hydroxylation is 1. The Hall–Kier alpha value is -2.90. The van der Waals surface area contributed by atoms with Gasteiger partial charge >= 0.3 is 6.09 Å². The molecule has 0 bridgehead atoms. The fraction of sp³-hybridized carbons (Fsp3) is 0.300. The number of benzene rings is 2. The molecular formula is C20H22N4O3. The van der Waals surface area contributed by atoms with Gasteiger partial charge in [-0.15, -0.1) is 0 Å². The minimum absolute atomic E-state index is 0.0899. The Morgan fingerprint density at radius 1 is 1.19 bits per heavy atom. The van der Waals surface area contributed by atoms with Gasteiger partial charge in [0.15, 0.2) is 0 Å². The van der Waals surface area contributed by atoms with Gasteiger partial charge in [0.25, 0.3) is 0 Å². The van der Waals surface area contributed by atoms with Gasteiger partial charge < -0.3 is 10.1 Å². The van der Waals surface area contributed by atoms with Crippen molar-refractivity contribution in [3.05, 3.63) is 59.7 Å². The normalized spacial score (nSPS) is 22.0. The number of hydrazine groups is 1. The van der Waals surface area contributed by atoms with Crippen molar-refractivity contribution in [2.45, 2.75) is 25.4 Å². The molecule has 0 aliphatic carbocycles. The lowest BCUT2D eigenvalue weighted by Gasteiger charge is -2.15. The van der Waals surface area contributed by atoms with Crippen molar-refractivity contribution in [2.75, 3.05) is 23.4 Å². The van der Waals surface area contributed by atoms with Crippen molar-refractivity contribution in [1.29, 1.82) is 0 Å². The second-order valence-electron chi connectivity index (χ2n) is 6.85. The van der Waals surface area contributed by atoms with Crippen molar-refractivity contribution in [3.63, 3.8) is 0 Å². The van der Waals surface area contributed by atoms with Crippen LogP contribution in [-0.4, -0.2) is 31.2 Å². The van der Waals surface area contributed by atoms with Crippen LogP contribution in [-0.2, 0) is 9.53 Å². The molecule has 2 aliphatic rings. The number of cyclic esters (lactones) is 1. The van der Waals surface area contributed by atoms with Crippen molar-refractivity contribution in [1.82, 2.24) is 10.9 Å². The third kappa shape index (κ3) is 3.79. The van der Waals surface area contributed by atoms with Crippen molar-refractivity contribution < 1.29 is 14.3 Å². The Kier molecular flexibility index (Phi) is 4.79. The number of nitrogens with one attached hydrogen (secondary N) is 3. The van der Waals surface area contributed by atoms with Gasteiger partial charge in [-0.1, -0.05) is 35.9 Å². The number of carbonyl (C=O) groups is 2. The fourth-order valence-electron chi connectivity index (χ4n) is 3.35. The topological polar surface area (TPSA) is 82.7 Å². The summed E-state index contributed by atoms with van der Waals surface area (Å²) in [6, 6.07) is 15.3. The molecule has 0 saturated carbocycles. The van der Waals surface area contributed by atoms with Crippen LogP contribution in [0.15, 0.2) is 48.5 Å². The maximum Gasteiger partial charge on any atom is 0.414 e. The minimum atomic E-state index is -0.360. The number of amides is 2. The molecule has 7 heteroatoms. The molecule has 0 aromatic heterocycles. The van der Waals surface area contributed by atoms with E-state index < -0.39 is 0 Å². The summed E-state index contributed by atoms with van der Waals surface area (Å²) in [6.45, 7) is 2.95. The van der Waals surface area contributed by atoms with Crippen LogP contribution in [0, 0.1) is 6.92 Å². The maximum atomic E-state index is 12.6. The Morgan fingerprint density at radius 3 is 2.74 bits per heavy atom. The number of hydrogen-bond donors (Lipinski definition) is 3. The predicted molar refractivity (Wildman–Crippen MR) is 102 cm³/mol. The van der Waals surface area contributed by atoms with Crippen LogP contribution in [0.3, 0.4) is 0 Å². The summed E-state index contributed by atoms with van der Waals surface area (Å²) < 4.78 is 4.96. The van der Waals surface area contributed by atoms with E-state index >= 15 is 0 Å². The van der Waals surface area contributed by atoms with E-state index in [1.54, 1.807) is 11.0 Å². The first-order valence-electron chi connectivity index (χ1n) is 9.03. The SMILES string of the molecule is Cc1ccc(C2CC(C(=O)Nc3cccc(N4CCOC4=O)c3)NN2)cc1. The first-order valence-corrected chi connectivity index (χ1v) is 9.03. The quantitative estimate of drug-likeness (QED) is 0.774. The molecule has 2 amide bonds. The predicted octanol–water partition coefficient (Wildman–Crippen LogP) is 2.50. The Balaban J connectivity index is 1.39. The van der Waals surface area contributed by atoms with E-state index in [4.69, 9.17) is 4.74 Å².